The number of thiophene rings is 1. The summed E-state index contributed by atoms with van der Waals surface area (Å²) in [5.74, 6) is -1.18. The lowest BCUT2D eigenvalue weighted by Crippen LogP contribution is -2.33. The molecule has 0 saturated carbocycles. The van der Waals surface area contributed by atoms with Crippen LogP contribution in [-0.2, 0) is 9.59 Å². The van der Waals surface area contributed by atoms with Crippen molar-refractivity contribution in [2.24, 2.45) is 0 Å². The van der Waals surface area contributed by atoms with Crippen molar-refractivity contribution in [3.05, 3.63) is 16.3 Å². The molecule has 1 saturated heterocycles. The summed E-state index contributed by atoms with van der Waals surface area (Å²) in [6, 6.07) is 1.56. The zero-order valence-corrected chi connectivity index (χ0v) is 10.2. The van der Waals surface area contributed by atoms with Gasteiger partial charge in [-0.3, -0.25) is 14.5 Å². The number of imide groups is 1. The first-order chi connectivity index (χ1) is 8.59. The summed E-state index contributed by atoms with van der Waals surface area (Å²) in [4.78, 5) is 34.7. The zero-order valence-electron chi connectivity index (χ0n) is 9.42. The van der Waals surface area contributed by atoms with Crippen LogP contribution in [0.5, 0.6) is 5.75 Å². The first-order valence-corrected chi connectivity index (χ1v) is 6.24. The Morgan fingerprint density at radius 2 is 2.06 bits per heavy atom. The highest BCUT2D eigenvalue weighted by atomic mass is 32.1. The topological polar surface area (TPSA) is 83.9 Å². The summed E-state index contributed by atoms with van der Waals surface area (Å²) in [7, 11) is 0. The van der Waals surface area contributed by atoms with Gasteiger partial charge in [-0.1, -0.05) is 0 Å². The molecule has 7 heteroatoms. The van der Waals surface area contributed by atoms with Gasteiger partial charge in [-0.05, 0) is 11.4 Å². The number of likely N-dealkylation sites (tertiary alicyclic amines) is 1. The van der Waals surface area contributed by atoms with Gasteiger partial charge in [0.15, 0.2) is 4.88 Å². The van der Waals surface area contributed by atoms with Gasteiger partial charge in [-0.25, -0.2) is 4.79 Å². The van der Waals surface area contributed by atoms with E-state index >= 15 is 0 Å². The van der Waals surface area contributed by atoms with E-state index in [0.29, 0.717) is 0 Å². The smallest absolute Gasteiger partial charge is 0.349 e. The minimum atomic E-state index is -1.05. The van der Waals surface area contributed by atoms with E-state index in [1.54, 1.807) is 11.4 Å². The third-order valence-corrected chi connectivity index (χ3v) is 3.43. The van der Waals surface area contributed by atoms with Crippen molar-refractivity contribution < 1.29 is 24.2 Å². The van der Waals surface area contributed by atoms with Crippen LogP contribution in [-0.4, -0.2) is 40.9 Å². The normalized spacial score (nSPS) is 15.2. The predicted octanol–water partition coefficient (Wildman–Crippen LogP) is 0.974. The molecule has 0 aromatic carbocycles. The molecule has 18 heavy (non-hydrogen) atoms. The number of hydrogen-bond acceptors (Lipinski definition) is 5. The monoisotopic (exact) mass is 269 g/mol. The number of nitrogens with zero attached hydrogens (tertiary/aromatic N) is 1. The maximum Gasteiger partial charge on any atom is 0.349 e. The van der Waals surface area contributed by atoms with Gasteiger partial charge in [0, 0.05) is 12.8 Å². The van der Waals surface area contributed by atoms with Crippen LogP contribution in [0.2, 0.25) is 0 Å². The first kappa shape index (κ1) is 12.6. The van der Waals surface area contributed by atoms with Crippen molar-refractivity contribution in [1.82, 2.24) is 4.90 Å². The zero-order chi connectivity index (χ0) is 13.1. The first-order valence-electron chi connectivity index (χ1n) is 5.36. The van der Waals surface area contributed by atoms with E-state index in [9.17, 15) is 14.4 Å². The lowest BCUT2D eigenvalue weighted by atomic mass is 10.4. The molecule has 6 nitrogen and oxygen atoms in total. The number of ether oxygens (including phenoxy) is 1. The van der Waals surface area contributed by atoms with Gasteiger partial charge in [0.25, 0.3) is 0 Å². The molecule has 1 aromatic rings. The fourth-order valence-corrected chi connectivity index (χ4v) is 2.36. The molecule has 96 valence electrons. The highest BCUT2D eigenvalue weighted by Gasteiger charge is 2.28. The molecule has 0 aliphatic carbocycles. The molecule has 1 aliphatic heterocycles. The number of carboxylic acid groups (broad SMARTS) is 1. The van der Waals surface area contributed by atoms with Gasteiger partial charge in [-0.2, -0.15) is 0 Å². The lowest BCUT2D eigenvalue weighted by molar-refractivity contribution is -0.138. The molecule has 1 aromatic heterocycles. The Kier molecular flexibility index (Phi) is 3.61. The molecule has 2 amide bonds. The van der Waals surface area contributed by atoms with Crippen LogP contribution in [0.1, 0.15) is 22.5 Å². The number of rotatable bonds is 5. The number of carboxylic acids is 1. The van der Waals surface area contributed by atoms with Crippen LogP contribution in [0.15, 0.2) is 11.4 Å². The van der Waals surface area contributed by atoms with E-state index in [-0.39, 0.29) is 48.4 Å². The average molecular weight is 269 g/mol. The highest BCUT2D eigenvalue weighted by Crippen LogP contribution is 2.24. The van der Waals surface area contributed by atoms with Gasteiger partial charge in [-0.15, -0.1) is 11.3 Å². The number of hydrogen-bond donors (Lipinski definition) is 1. The SMILES string of the molecule is O=C(O)c1sccc1OCCN1C(=O)CCC1=O. The van der Waals surface area contributed by atoms with Crippen LogP contribution < -0.4 is 4.74 Å². The van der Waals surface area contributed by atoms with Gasteiger partial charge >= 0.3 is 5.97 Å². The van der Waals surface area contributed by atoms with E-state index in [0.717, 1.165) is 16.2 Å². The van der Waals surface area contributed by atoms with Gasteiger partial charge in [0.1, 0.15) is 12.4 Å². The molecular formula is C11H11NO5S. The summed E-state index contributed by atoms with van der Waals surface area (Å²) < 4.78 is 5.28. The maximum absolute atomic E-state index is 11.3. The van der Waals surface area contributed by atoms with E-state index in [4.69, 9.17) is 9.84 Å². The average Bonchev–Trinajstić information content (AvgIpc) is 2.90. The van der Waals surface area contributed by atoms with E-state index in [1.807, 2.05) is 0 Å². The third-order valence-electron chi connectivity index (χ3n) is 2.55. The quantitative estimate of drug-likeness (QED) is 0.805. The van der Waals surface area contributed by atoms with Crippen molar-refractivity contribution >= 4 is 29.1 Å². The molecule has 0 atom stereocenters. The third kappa shape index (κ3) is 2.51. The number of aromatic carboxylic acids is 1. The van der Waals surface area contributed by atoms with Crippen molar-refractivity contribution in [3.63, 3.8) is 0 Å². The Hall–Kier alpha value is -1.89. The van der Waals surface area contributed by atoms with E-state index in [1.165, 1.54) is 0 Å². The van der Waals surface area contributed by atoms with Crippen LogP contribution in [0.3, 0.4) is 0 Å². The summed E-state index contributed by atoms with van der Waals surface area (Å²) in [5.41, 5.74) is 0. The van der Waals surface area contributed by atoms with Gasteiger partial charge in [0.2, 0.25) is 11.8 Å². The Morgan fingerprint density at radius 1 is 1.39 bits per heavy atom. The molecule has 0 bridgehead atoms. The van der Waals surface area contributed by atoms with Crippen molar-refractivity contribution in [2.75, 3.05) is 13.2 Å². The molecule has 0 radical (unpaired) electrons. The molecule has 1 aliphatic rings. The second-order valence-electron chi connectivity index (χ2n) is 3.71. The fraction of sp³-hybridized carbons (Fsp3) is 0.364. The Bertz CT molecular complexity index is 479. The largest absolute Gasteiger partial charge is 0.490 e. The summed E-state index contributed by atoms with van der Waals surface area (Å²) in [6.07, 6.45) is 0.495. The fourth-order valence-electron chi connectivity index (χ4n) is 1.69. The minimum Gasteiger partial charge on any atom is -0.490 e. The summed E-state index contributed by atoms with van der Waals surface area (Å²) >= 11 is 1.07. The van der Waals surface area contributed by atoms with Crippen molar-refractivity contribution in [1.29, 1.82) is 0 Å². The number of carbonyl (C=O) groups excluding carboxylic acids is 2. The Morgan fingerprint density at radius 3 is 2.67 bits per heavy atom. The molecule has 1 fully saturated rings. The molecular weight excluding hydrogens is 258 g/mol. The molecule has 2 rings (SSSR count). The van der Waals surface area contributed by atoms with Crippen LogP contribution in [0, 0.1) is 0 Å². The van der Waals surface area contributed by atoms with Crippen LogP contribution in [0.4, 0.5) is 0 Å². The molecule has 1 N–H and O–H groups in total. The standard InChI is InChI=1S/C11H11NO5S/c13-8-1-2-9(14)12(8)4-5-17-7-3-6-18-10(7)11(15)16/h3,6H,1-2,4-5H2,(H,15,16). The van der Waals surface area contributed by atoms with Gasteiger partial charge < -0.3 is 9.84 Å². The summed E-state index contributed by atoms with van der Waals surface area (Å²) in [6.45, 7) is 0.265. The second kappa shape index (κ2) is 5.18. The molecule has 2 heterocycles. The van der Waals surface area contributed by atoms with Crippen LogP contribution >= 0.6 is 11.3 Å². The number of amides is 2. The van der Waals surface area contributed by atoms with Crippen molar-refractivity contribution in [3.8, 4) is 5.75 Å². The van der Waals surface area contributed by atoms with E-state index < -0.39 is 5.97 Å². The maximum atomic E-state index is 11.3. The predicted molar refractivity (Wildman–Crippen MR) is 62.7 cm³/mol. The highest BCUT2D eigenvalue weighted by molar-refractivity contribution is 7.12. The second-order valence-corrected chi connectivity index (χ2v) is 4.62. The van der Waals surface area contributed by atoms with E-state index in [2.05, 4.69) is 0 Å². The van der Waals surface area contributed by atoms with Crippen molar-refractivity contribution in [2.45, 2.75) is 12.8 Å². The van der Waals surface area contributed by atoms with Crippen LogP contribution in [0.25, 0.3) is 0 Å². The molecule has 0 unspecified atom stereocenters. The minimum absolute atomic E-state index is 0.106. The summed E-state index contributed by atoms with van der Waals surface area (Å²) in [5, 5.41) is 10.5. The Balaban J connectivity index is 1.89. The van der Waals surface area contributed by atoms with Gasteiger partial charge in [0.05, 0.1) is 6.54 Å². The Labute approximate surface area is 107 Å². The number of carbonyl (C=O) groups is 3. The lowest BCUT2D eigenvalue weighted by Gasteiger charge is -2.13. The molecule has 0 spiro atoms.